The van der Waals surface area contributed by atoms with E-state index in [1.165, 1.54) is 0 Å². The molecule has 3 aromatic rings. The molecule has 2 amide bonds. The Bertz CT molecular complexity index is 1070. The second-order valence-electron chi connectivity index (χ2n) is 7.04. The Morgan fingerprint density at radius 2 is 2.00 bits per heavy atom. The summed E-state index contributed by atoms with van der Waals surface area (Å²) in [6, 6.07) is 17.8. The summed E-state index contributed by atoms with van der Waals surface area (Å²) in [6.45, 7) is 0.627. The summed E-state index contributed by atoms with van der Waals surface area (Å²) in [5.74, 6) is 0.0284. The molecule has 0 fully saturated rings. The van der Waals surface area contributed by atoms with Gasteiger partial charge >= 0.3 is 0 Å². The molecule has 0 bridgehead atoms. The van der Waals surface area contributed by atoms with Crippen LogP contribution >= 0.6 is 11.6 Å². The first-order chi connectivity index (χ1) is 14.6. The first-order valence-electron chi connectivity index (χ1n) is 9.59. The predicted octanol–water partition coefficient (Wildman–Crippen LogP) is 3.85. The molecule has 152 valence electrons. The monoisotopic (exact) mass is 421 g/mol. The predicted molar refractivity (Wildman–Crippen MR) is 115 cm³/mol. The summed E-state index contributed by atoms with van der Waals surface area (Å²) in [7, 11) is 0. The van der Waals surface area contributed by atoms with Crippen LogP contribution in [0.15, 0.2) is 66.9 Å². The van der Waals surface area contributed by atoms with Crippen molar-refractivity contribution < 1.29 is 14.3 Å². The molecule has 2 heterocycles. The van der Waals surface area contributed by atoms with Crippen LogP contribution < -0.4 is 15.4 Å². The lowest BCUT2D eigenvalue weighted by molar-refractivity contribution is -0.121. The Morgan fingerprint density at radius 3 is 2.83 bits per heavy atom. The van der Waals surface area contributed by atoms with E-state index in [0.29, 0.717) is 35.8 Å². The number of halogens is 1. The summed E-state index contributed by atoms with van der Waals surface area (Å²) >= 11 is 6.05. The number of hydrogen-bond donors (Lipinski definition) is 2. The Labute approximate surface area is 179 Å². The van der Waals surface area contributed by atoms with Crippen molar-refractivity contribution in [1.82, 2.24) is 10.3 Å². The Morgan fingerprint density at radius 1 is 1.10 bits per heavy atom. The van der Waals surface area contributed by atoms with E-state index in [4.69, 9.17) is 16.3 Å². The number of pyridine rings is 1. The van der Waals surface area contributed by atoms with Gasteiger partial charge in [0.2, 0.25) is 5.91 Å². The number of aromatic nitrogens is 1. The number of anilines is 1. The van der Waals surface area contributed by atoms with Crippen molar-refractivity contribution in [3.05, 3.63) is 88.7 Å². The maximum Gasteiger partial charge on any atom is 0.251 e. The molecule has 0 radical (unpaired) electrons. The number of ether oxygens (including phenoxy) is 1. The number of hydrogen-bond acceptors (Lipinski definition) is 4. The number of amides is 2. The van der Waals surface area contributed by atoms with Crippen LogP contribution in [0.25, 0.3) is 0 Å². The van der Waals surface area contributed by atoms with Crippen molar-refractivity contribution in [2.75, 3.05) is 11.9 Å². The molecular weight excluding hydrogens is 402 g/mol. The molecule has 0 spiro atoms. The molecule has 6 nitrogen and oxygen atoms in total. The average Bonchev–Trinajstić information content (AvgIpc) is 2.77. The van der Waals surface area contributed by atoms with Gasteiger partial charge in [-0.3, -0.25) is 14.6 Å². The number of fused-ring (bicyclic) bond motifs is 1. The van der Waals surface area contributed by atoms with Crippen LogP contribution in [0.5, 0.6) is 5.75 Å². The summed E-state index contributed by atoms with van der Waals surface area (Å²) in [5, 5.41) is 6.32. The number of nitrogens with zero attached hydrogens (tertiary/aromatic N) is 1. The lowest BCUT2D eigenvalue weighted by Gasteiger charge is -2.24. The molecule has 1 aliphatic heterocycles. The number of carbonyl (C=O) groups is 2. The van der Waals surface area contributed by atoms with Crippen LogP contribution in [0.1, 0.15) is 21.6 Å². The van der Waals surface area contributed by atoms with Crippen molar-refractivity contribution in [2.24, 2.45) is 5.92 Å². The highest BCUT2D eigenvalue weighted by molar-refractivity contribution is 6.30. The second kappa shape index (κ2) is 8.97. The van der Waals surface area contributed by atoms with Crippen molar-refractivity contribution in [2.45, 2.75) is 13.0 Å². The van der Waals surface area contributed by atoms with Gasteiger partial charge in [-0.25, -0.2) is 0 Å². The smallest absolute Gasteiger partial charge is 0.251 e. The molecule has 1 aromatic heterocycles. The molecule has 2 N–H and O–H groups in total. The summed E-state index contributed by atoms with van der Waals surface area (Å²) < 4.78 is 5.70. The lowest BCUT2D eigenvalue weighted by atomic mass is 9.96. The largest absolute Gasteiger partial charge is 0.492 e. The molecule has 0 saturated carbocycles. The molecule has 7 heteroatoms. The van der Waals surface area contributed by atoms with Gasteiger partial charge in [-0.1, -0.05) is 23.7 Å². The van der Waals surface area contributed by atoms with Crippen LogP contribution in [0, 0.1) is 5.92 Å². The fraction of sp³-hybridized carbons (Fsp3) is 0.174. The molecule has 1 atom stereocenters. The minimum atomic E-state index is -0.336. The molecular formula is C23H20ClN3O3. The number of rotatable bonds is 5. The third-order valence-corrected chi connectivity index (χ3v) is 5.08. The average molecular weight is 422 g/mol. The van der Waals surface area contributed by atoms with Crippen LogP contribution in [-0.4, -0.2) is 23.4 Å². The maximum atomic E-state index is 12.7. The zero-order chi connectivity index (χ0) is 20.9. The Kier molecular flexibility index (Phi) is 5.95. The Hall–Kier alpha value is -3.38. The van der Waals surface area contributed by atoms with Crippen LogP contribution in [0.4, 0.5) is 5.69 Å². The van der Waals surface area contributed by atoms with E-state index in [-0.39, 0.29) is 17.7 Å². The van der Waals surface area contributed by atoms with Crippen molar-refractivity contribution in [3.8, 4) is 5.75 Å². The quantitative estimate of drug-likeness (QED) is 0.655. The van der Waals surface area contributed by atoms with Gasteiger partial charge in [0, 0.05) is 22.5 Å². The summed E-state index contributed by atoms with van der Waals surface area (Å²) in [5.41, 5.74) is 2.70. The molecule has 4 rings (SSSR count). The van der Waals surface area contributed by atoms with Gasteiger partial charge in [0.1, 0.15) is 12.4 Å². The summed E-state index contributed by atoms with van der Waals surface area (Å²) in [4.78, 5) is 29.3. The molecule has 1 aliphatic rings. The minimum absolute atomic E-state index is 0.160. The Balaban J connectivity index is 1.38. The highest BCUT2D eigenvalue weighted by Gasteiger charge is 2.26. The minimum Gasteiger partial charge on any atom is -0.492 e. The fourth-order valence-electron chi connectivity index (χ4n) is 3.29. The van der Waals surface area contributed by atoms with Gasteiger partial charge in [-0.05, 0) is 60.5 Å². The van der Waals surface area contributed by atoms with E-state index in [2.05, 4.69) is 15.6 Å². The van der Waals surface area contributed by atoms with Crippen LogP contribution in [-0.2, 0) is 17.8 Å². The van der Waals surface area contributed by atoms with Crippen molar-refractivity contribution in [3.63, 3.8) is 0 Å². The van der Waals surface area contributed by atoms with Gasteiger partial charge in [-0.15, -0.1) is 0 Å². The van der Waals surface area contributed by atoms with E-state index in [0.717, 1.165) is 17.0 Å². The third-order valence-electron chi connectivity index (χ3n) is 4.85. The molecule has 30 heavy (non-hydrogen) atoms. The van der Waals surface area contributed by atoms with E-state index in [1.807, 2.05) is 30.3 Å². The molecule has 0 saturated heterocycles. The third kappa shape index (κ3) is 4.78. The topological polar surface area (TPSA) is 80.3 Å². The second-order valence-corrected chi connectivity index (χ2v) is 7.47. The summed E-state index contributed by atoms with van der Waals surface area (Å²) in [6.07, 6.45) is 2.23. The van der Waals surface area contributed by atoms with E-state index in [1.54, 1.807) is 36.5 Å². The number of nitrogens with one attached hydrogen (secondary N) is 2. The van der Waals surface area contributed by atoms with Gasteiger partial charge in [-0.2, -0.15) is 0 Å². The molecule has 0 aliphatic carbocycles. The molecule has 2 aromatic carbocycles. The lowest BCUT2D eigenvalue weighted by Crippen LogP contribution is -2.32. The fourth-order valence-corrected chi connectivity index (χ4v) is 3.48. The first kappa shape index (κ1) is 19.9. The highest BCUT2D eigenvalue weighted by Crippen LogP contribution is 2.30. The number of benzene rings is 2. The van der Waals surface area contributed by atoms with Crippen LogP contribution in [0.3, 0.4) is 0 Å². The maximum absolute atomic E-state index is 12.7. The molecule has 1 unspecified atom stereocenters. The van der Waals surface area contributed by atoms with Crippen molar-refractivity contribution >= 4 is 29.1 Å². The SMILES string of the molecule is O=C(NCc1ccccn1)c1cccc(NC(=O)C2COc3ccc(Cl)cc3C2)c1. The first-order valence-corrected chi connectivity index (χ1v) is 9.96. The van der Waals surface area contributed by atoms with Crippen LogP contribution in [0.2, 0.25) is 5.02 Å². The zero-order valence-corrected chi connectivity index (χ0v) is 16.9. The van der Waals surface area contributed by atoms with E-state index >= 15 is 0 Å². The highest BCUT2D eigenvalue weighted by atomic mass is 35.5. The number of carbonyl (C=O) groups excluding carboxylic acids is 2. The standard InChI is InChI=1S/C23H20ClN3O3/c24-18-7-8-21-16(11-18)10-17(14-30-21)23(29)27-19-6-3-4-15(12-19)22(28)26-13-20-5-1-2-9-25-20/h1-9,11-12,17H,10,13-14H2,(H,26,28)(H,27,29). The normalized spacial score (nSPS) is 14.9. The van der Waals surface area contributed by atoms with Gasteiger partial charge < -0.3 is 15.4 Å². The van der Waals surface area contributed by atoms with Gasteiger partial charge in [0.15, 0.2) is 0 Å². The van der Waals surface area contributed by atoms with Gasteiger partial charge in [0.05, 0.1) is 18.2 Å². The van der Waals surface area contributed by atoms with Gasteiger partial charge in [0.25, 0.3) is 5.91 Å². The van der Waals surface area contributed by atoms with E-state index in [9.17, 15) is 9.59 Å². The van der Waals surface area contributed by atoms with Crippen molar-refractivity contribution in [1.29, 1.82) is 0 Å². The zero-order valence-electron chi connectivity index (χ0n) is 16.1. The van der Waals surface area contributed by atoms with E-state index < -0.39 is 0 Å².